The number of methoxy groups -OCH3 is 1. The van der Waals surface area contributed by atoms with Gasteiger partial charge in [0.1, 0.15) is 5.82 Å². The van der Waals surface area contributed by atoms with E-state index >= 15 is 0 Å². The van der Waals surface area contributed by atoms with E-state index in [1.54, 1.807) is 0 Å². The van der Waals surface area contributed by atoms with Gasteiger partial charge in [0.05, 0.1) is 29.8 Å². The molecule has 2 N–H and O–H groups in total. The van der Waals surface area contributed by atoms with Crippen LogP contribution in [0.15, 0.2) is 6.07 Å². The van der Waals surface area contributed by atoms with Gasteiger partial charge in [0, 0.05) is 0 Å². The van der Waals surface area contributed by atoms with Gasteiger partial charge in [0.15, 0.2) is 0 Å². The van der Waals surface area contributed by atoms with Crippen molar-refractivity contribution in [1.29, 1.82) is 0 Å². The maximum absolute atomic E-state index is 12.7. The van der Waals surface area contributed by atoms with Crippen LogP contribution in [0.4, 0.5) is 14.6 Å². The topological polar surface area (TPSA) is 65.2 Å². The summed E-state index contributed by atoms with van der Waals surface area (Å²) >= 11 is 5.49. The van der Waals surface area contributed by atoms with E-state index in [1.807, 2.05) is 0 Å². The summed E-state index contributed by atoms with van der Waals surface area (Å²) in [4.78, 5) is 14.9. The van der Waals surface area contributed by atoms with Gasteiger partial charge in [-0.05, 0) is 6.07 Å². The number of ether oxygens (including phenoxy) is 1. The summed E-state index contributed by atoms with van der Waals surface area (Å²) < 4.78 is 29.7. The van der Waals surface area contributed by atoms with Crippen LogP contribution in [0.2, 0.25) is 0 Å². The molecule has 88 valence electrons. The molecule has 0 fully saturated rings. The third kappa shape index (κ3) is 2.38. The van der Waals surface area contributed by atoms with E-state index in [-0.39, 0.29) is 17.1 Å². The number of rotatable bonds is 3. The summed E-state index contributed by atoms with van der Waals surface area (Å²) in [6.07, 6.45) is -2.90. The number of nitrogens with zero attached hydrogens (tertiary/aromatic N) is 1. The molecule has 0 aliphatic heterocycles. The molecule has 0 aliphatic carbocycles. The van der Waals surface area contributed by atoms with Gasteiger partial charge in [-0.1, -0.05) is 0 Å². The van der Waals surface area contributed by atoms with Crippen LogP contribution in [0.5, 0.6) is 0 Å². The van der Waals surface area contributed by atoms with Gasteiger partial charge in [-0.3, -0.25) is 0 Å². The van der Waals surface area contributed by atoms with Crippen LogP contribution in [0.3, 0.4) is 0 Å². The molecule has 0 amide bonds. The van der Waals surface area contributed by atoms with Crippen molar-refractivity contribution in [3.05, 3.63) is 22.9 Å². The normalized spacial score (nSPS) is 10.6. The molecule has 0 saturated carbocycles. The molecule has 1 heterocycles. The minimum atomic E-state index is -2.90. The van der Waals surface area contributed by atoms with E-state index in [9.17, 15) is 13.6 Å². The highest BCUT2D eigenvalue weighted by molar-refractivity contribution is 6.17. The Morgan fingerprint density at radius 2 is 2.31 bits per heavy atom. The van der Waals surface area contributed by atoms with E-state index in [4.69, 9.17) is 17.3 Å². The Labute approximate surface area is 95.4 Å². The molecule has 0 unspecified atom stereocenters. The molecule has 0 atom stereocenters. The van der Waals surface area contributed by atoms with E-state index < -0.39 is 23.8 Å². The molecule has 0 aromatic carbocycles. The van der Waals surface area contributed by atoms with Crippen molar-refractivity contribution < 1.29 is 18.3 Å². The summed E-state index contributed by atoms with van der Waals surface area (Å²) in [6, 6.07) is 1.15. The average Bonchev–Trinajstić information content (AvgIpc) is 2.26. The zero-order chi connectivity index (χ0) is 12.3. The Bertz CT molecular complexity index is 413. The lowest BCUT2D eigenvalue weighted by atomic mass is 10.1. The number of carbonyl (C=O) groups excluding carboxylic acids is 1. The summed E-state index contributed by atoms with van der Waals surface area (Å²) in [5.41, 5.74) is 4.64. The second-order valence-electron chi connectivity index (χ2n) is 2.89. The van der Waals surface area contributed by atoms with Crippen molar-refractivity contribution in [1.82, 2.24) is 4.98 Å². The molecule has 0 bridgehead atoms. The number of halogens is 3. The highest BCUT2D eigenvalue weighted by atomic mass is 35.5. The van der Waals surface area contributed by atoms with E-state index in [1.165, 1.54) is 0 Å². The quantitative estimate of drug-likeness (QED) is 0.659. The van der Waals surface area contributed by atoms with Crippen LogP contribution >= 0.6 is 11.6 Å². The smallest absolute Gasteiger partial charge is 0.338 e. The summed E-state index contributed by atoms with van der Waals surface area (Å²) in [6.45, 7) is 0. The van der Waals surface area contributed by atoms with Gasteiger partial charge in [0.25, 0.3) is 6.43 Å². The zero-order valence-corrected chi connectivity index (χ0v) is 9.09. The third-order valence-electron chi connectivity index (χ3n) is 1.90. The molecule has 16 heavy (non-hydrogen) atoms. The fraction of sp³-hybridized carbons (Fsp3) is 0.333. The molecule has 0 aliphatic rings. The highest BCUT2D eigenvalue weighted by Gasteiger charge is 2.23. The third-order valence-corrected chi connectivity index (χ3v) is 2.18. The Morgan fingerprint density at radius 3 is 2.75 bits per heavy atom. The summed E-state index contributed by atoms with van der Waals surface area (Å²) in [5.74, 6) is -1.33. The number of anilines is 1. The first-order valence-electron chi connectivity index (χ1n) is 4.23. The Morgan fingerprint density at radius 1 is 1.69 bits per heavy atom. The Hall–Kier alpha value is -1.43. The highest BCUT2D eigenvalue weighted by Crippen LogP contribution is 2.28. The van der Waals surface area contributed by atoms with E-state index in [0.29, 0.717) is 0 Å². The van der Waals surface area contributed by atoms with E-state index in [2.05, 4.69) is 9.72 Å². The number of esters is 1. The average molecular weight is 251 g/mol. The van der Waals surface area contributed by atoms with Crippen LogP contribution in [0, 0.1) is 0 Å². The van der Waals surface area contributed by atoms with Crippen molar-refractivity contribution in [3.63, 3.8) is 0 Å². The number of hydrogen-bond acceptors (Lipinski definition) is 4. The predicted octanol–water partition coefficient (Wildman–Crippen LogP) is 2.13. The second kappa shape index (κ2) is 5.07. The minimum absolute atomic E-state index is 0.0300. The van der Waals surface area contributed by atoms with Crippen molar-refractivity contribution in [3.8, 4) is 0 Å². The van der Waals surface area contributed by atoms with Crippen molar-refractivity contribution >= 4 is 23.4 Å². The maximum atomic E-state index is 12.7. The number of hydrogen-bond donors (Lipinski definition) is 1. The van der Waals surface area contributed by atoms with Gasteiger partial charge in [-0.25, -0.2) is 18.6 Å². The van der Waals surface area contributed by atoms with Crippen LogP contribution in [-0.4, -0.2) is 18.1 Å². The van der Waals surface area contributed by atoms with Crippen LogP contribution < -0.4 is 5.73 Å². The van der Waals surface area contributed by atoms with Gasteiger partial charge in [0.2, 0.25) is 0 Å². The van der Waals surface area contributed by atoms with Gasteiger partial charge < -0.3 is 10.5 Å². The first-order valence-corrected chi connectivity index (χ1v) is 4.76. The molecule has 0 spiro atoms. The fourth-order valence-corrected chi connectivity index (χ4v) is 1.34. The van der Waals surface area contributed by atoms with Crippen molar-refractivity contribution in [2.75, 3.05) is 12.8 Å². The molecule has 1 rings (SSSR count). The molecule has 0 saturated heterocycles. The largest absolute Gasteiger partial charge is 0.465 e. The Balaban J connectivity index is 3.40. The molecule has 1 aromatic rings. The summed E-state index contributed by atoms with van der Waals surface area (Å²) in [5, 5.41) is 0. The number of nitrogens with two attached hydrogens (primary N) is 1. The number of carbonyl (C=O) groups is 1. The Kier molecular flexibility index (Phi) is 4.00. The predicted molar refractivity (Wildman–Crippen MR) is 54.5 cm³/mol. The zero-order valence-electron chi connectivity index (χ0n) is 8.34. The number of pyridine rings is 1. The molecule has 0 radical (unpaired) electrons. The maximum Gasteiger partial charge on any atom is 0.338 e. The molecule has 1 aromatic heterocycles. The molecule has 4 nitrogen and oxygen atoms in total. The fourth-order valence-electron chi connectivity index (χ4n) is 1.21. The first-order chi connectivity index (χ1) is 7.51. The molecular weight excluding hydrogens is 242 g/mol. The number of nitrogen functional groups attached to an aromatic ring is 1. The number of alkyl halides is 3. The van der Waals surface area contributed by atoms with E-state index in [0.717, 1.165) is 13.2 Å². The standard InChI is InChI=1S/C9H9ClF2N2O2/c1-16-9(15)5-2-4(3-10)14-8(13)6(5)7(11)12/h2,7H,3H2,1H3,(H2,13,14). The number of aromatic nitrogens is 1. The van der Waals surface area contributed by atoms with Gasteiger partial charge >= 0.3 is 5.97 Å². The van der Waals surface area contributed by atoms with Crippen LogP contribution in [0.1, 0.15) is 28.0 Å². The van der Waals surface area contributed by atoms with Crippen LogP contribution in [0.25, 0.3) is 0 Å². The van der Waals surface area contributed by atoms with Gasteiger partial charge in [-0.2, -0.15) is 0 Å². The van der Waals surface area contributed by atoms with Gasteiger partial charge in [-0.15, -0.1) is 11.6 Å². The lowest BCUT2D eigenvalue weighted by molar-refractivity contribution is 0.0589. The van der Waals surface area contributed by atoms with Crippen LogP contribution in [-0.2, 0) is 10.6 Å². The molecule has 7 heteroatoms. The second-order valence-corrected chi connectivity index (χ2v) is 3.15. The lowest BCUT2D eigenvalue weighted by Crippen LogP contribution is -2.11. The summed E-state index contributed by atoms with van der Waals surface area (Å²) in [7, 11) is 1.09. The van der Waals surface area contributed by atoms with Crippen molar-refractivity contribution in [2.45, 2.75) is 12.3 Å². The first kappa shape index (κ1) is 12.6. The molecular formula is C9H9ClF2N2O2. The minimum Gasteiger partial charge on any atom is -0.465 e. The monoisotopic (exact) mass is 250 g/mol. The lowest BCUT2D eigenvalue weighted by Gasteiger charge is -2.10. The van der Waals surface area contributed by atoms with Crippen molar-refractivity contribution in [2.24, 2.45) is 0 Å². The SMILES string of the molecule is COC(=O)c1cc(CCl)nc(N)c1C(F)F.